The van der Waals surface area contributed by atoms with Crippen LogP contribution in [0.15, 0.2) is 46.7 Å². The van der Waals surface area contributed by atoms with Gasteiger partial charge in [0.15, 0.2) is 0 Å². The van der Waals surface area contributed by atoms with Gasteiger partial charge in [0.1, 0.15) is 0 Å². The van der Waals surface area contributed by atoms with Crippen LogP contribution in [-0.4, -0.2) is 12.3 Å². The summed E-state index contributed by atoms with van der Waals surface area (Å²) in [5, 5.41) is 7.78. The Morgan fingerprint density at radius 3 is 2.84 bits per heavy atom. The number of hydrogen-bond acceptors (Lipinski definition) is 3. The summed E-state index contributed by atoms with van der Waals surface area (Å²) in [5.74, 6) is 0. The number of hydrogen-bond donors (Lipinski definition) is 2. The molecular weight excluding hydrogens is 276 g/mol. The maximum Gasteiger partial charge on any atom is 0.319 e. The molecular formula is C14H16N2OS2. The summed E-state index contributed by atoms with van der Waals surface area (Å²) < 4.78 is 0. The smallest absolute Gasteiger partial charge is 0.319 e. The Morgan fingerprint density at radius 1 is 1.32 bits per heavy atom. The van der Waals surface area contributed by atoms with Crippen molar-refractivity contribution >= 4 is 34.8 Å². The lowest BCUT2D eigenvalue weighted by Crippen LogP contribution is -2.30. The highest BCUT2D eigenvalue weighted by atomic mass is 32.2. The predicted octanol–water partition coefficient (Wildman–Crippen LogP) is 4.35. The van der Waals surface area contributed by atoms with Crippen LogP contribution in [0.4, 0.5) is 10.5 Å². The van der Waals surface area contributed by atoms with E-state index in [1.54, 1.807) is 23.1 Å². The molecule has 0 aliphatic heterocycles. The Balaban J connectivity index is 1.93. The van der Waals surface area contributed by atoms with Gasteiger partial charge >= 0.3 is 6.03 Å². The second-order valence-electron chi connectivity index (χ2n) is 4.07. The van der Waals surface area contributed by atoms with E-state index in [2.05, 4.69) is 10.6 Å². The molecule has 1 heterocycles. The van der Waals surface area contributed by atoms with Crippen LogP contribution in [0.1, 0.15) is 17.8 Å². The van der Waals surface area contributed by atoms with Crippen molar-refractivity contribution in [2.45, 2.75) is 17.9 Å². The first-order valence-corrected chi connectivity index (χ1v) is 8.04. The lowest BCUT2D eigenvalue weighted by Gasteiger charge is -2.13. The molecule has 2 amide bonds. The van der Waals surface area contributed by atoms with Crippen molar-refractivity contribution in [2.75, 3.05) is 11.6 Å². The molecule has 0 aliphatic rings. The van der Waals surface area contributed by atoms with E-state index in [0.29, 0.717) is 0 Å². The van der Waals surface area contributed by atoms with Crippen molar-refractivity contribution in [2.24, 2.45) is 0 Å². The highest BCUT2D eigenvalue weighted by Crippen LogP contribution is 2.20. The first-order valence-electron chi connectivity index (χ1n) is 5.94. The van der Waals surface area contributed by atoms with Crippen LogP contribution >= 0.6 is 23.1 Å². The van der Waals surface area contributed by atoms with Gasteiger partial charge in [-0.1, -0.05) is 12.1 Å². The van der Waals surface area contributed by atoms with E-state index in [1.165, 1.54) is 0 Å². The van der Waals surface area contributed by atoms with Crippen LogP contribution in [-0.2, 0) is 0 Å². The van der Waals surface area contributed by atoms with Crippen LogP contribution < -0.4 is 10.6 Å². The van der Waals surface area contributed by atoms with Crippen LogP contribution in [0.2, 0.25) is 0 Å². The van der Waals surface area contributed by atoms with Crippen LogP contribution in [0.5, 0.6) is 0 Å². The highest BCUT2D eigenvalue weighted by molar-refractivity contribution is 7.98. The molecule has 1 unspecified atom stereocenters. The second kappa shape index (κ2) is 6.63. The van der Waals surface area contributed by atoms with E-state index in [-0.39, 0.29) is 12.1 Å². The fraction of sp³-hybridized carbons (Fsp3) is 0.214. The fourth-order valence-corrected chi connectivity index (χ4v) is 2.87. The third-order valence-electron chi connectivity index (χ3n) is 2.65. The summed E-state index contributed by atoms with van der Waals surface area (Å²) in [6.45, 7) is 1.98. The quantitative estimate of drug-likeness (QED) is 0.822. The van der Waals surface area contributed by atoms with Gasteiger partial charge in [-0.15, -0.1) is 23.1 Å². The number of nitrogens with one attached hydrogen (secondary N) is 2. The lowest BCUT2D eigenvalue weighted by molar-refractivity contribution is 0.249. The number of anilines is 1. The molecule has 100 valence electrons. The minimum atomic E-state index is -0.181. The normalized spacial score (nSPS) is 11.9. The number of amides is 2. The molecule has 5 heteroatoms. The minimum absolute atomic E-state index is 0.0173. The van der Waals surface area contributed by atoms with E-state index in [1.807, 2.05) is 55.0 Å². The van der Waals surface area contributed by atoms with E-state index < -0.39 is 0 Å². The molecule has 2 N–H and O–H groups in total. The third kappa shape index (κ3) is 4.01. The first kappa shape index (κ1) is 14.0. The molecule has 1 aromatic carbocycles. The summed E-state index contributed by atoms with van der Waals surface area (Å²) >= 11 is 3.29. The summed E-state index contributed by atoms with van der Waals surface area (Å²) in [7, 11) is 0. The average molecular weight is 292 g/mol. The van der Waals surface area contributed by atoms with Crippen LogP contribution in [0.3, 0.4) is 0 Å². The zero-order valence-electron chi connectivity index (χ0n) is 10.8. The van der Waals surface area contributed by atoms with Crippen molar-refractivity contribution in [1.82, 2.24) is 5.32 Å². The van der Waals surface area contributed by atoms with E-state index >= 15 is 0 Å². The highest BCUT2D eigenvalue weighted by Gasteiger charge is 2.10. The maximum atomic E-state index is 11.9. The zero-order chi connectivity index (χ0) is 13.7. The molecule has 0 saturated carbocycles. The summed E-state index contributed by atoms with van der Waals surface area (Å²) in [5.41, 5.74) is 0.808. The molecule has 2 rings (SSSR count). The Hall–Kier alpha value is -1.46. The third-order valence-corrected chi connectivity index (χ3v) is 4.43. The van der Waals surface area contributed by atoms with Gasteiger partial charge in [-0.2, -0.15) is 0 Å². The van der Waals surface area contributed by atoms with Crippen LogP contribution in [0, 0.1) is 0 Å². The van der Waals surface area contributed by atoms with Crippen molar-refractivity contribution in [3.63, 3.8) is 0 Å². The van der Waals surface area contributed by atoms with Crippen LogP contribution in [0.25, 0.3) is 0 Å². The molecule has 0 radical (unpaired) electrons. The Labute approximate surface area is 121 Å². The molecule has 1 aromatic heterocycles. The predicted molar refractivity (Wildman–Crippen MR) is 83.1 cm³/mol. The van der Waals surface area contributed by atoms with Gasteiger partial charge < -0.3 is 10.6 Å². The van der Waals surface area contributed by atoms with Gasteiger partial charge in [0.05, 0.1) is 6.04 Å². The van der Waals surface area contributed by atoms with Crippen molar-refractivity contribution in [3.05, 3.63) is 46.7 Å². The number of benzene rings is 1. The van der Waals surface area contributed by atoms with E-state index in [9.17, 15) is 4.79 Å². The SMILES string of the molecule is CSc1cccc(NC(=O)NC(C)c2cccs2)c1. The Morgan fingerprint density at radius 2 is 2.16 bits per heavy atom. The molecule has 0 bridgehead atoms. The number of carbonyl (C=O) groups is 1. The van der Waals surface area contributed by atoms with Gasteiger partial charge in [-0.25, -0.2) is 4.79 Å². The van der Waals surface area contributed by atoms with Gasteiger partial charge in [-0.05, 0) is 42.8 Å². The molecule has 0 saturated heterocycles. The topological polar surface area (TPSA) is 41.1 Å². The Kier molecular flexibility index (Phi) is 4.87. The standard InChI is InChI=1S/C14H16N2OS2/c1-10(13-7-4-8-19-13)15-14(17)16-11-5-3-6-12(9-11)18-2/h3-10H,1-2H3,(H2,15,16,17). The molecule has 2 aromatic rings. The van der Waals surface area contributed by atoms with Crippen molar-refractivity contribution < 1.29 is 4.79 Å². The number of carbonyl (C=O) groups excluding carboxylic acids is 1. The monoisotopic (exact) mass is 292 g/mol. The number of rotatable bonds is 4. The van der Waals surface area contributed by atoms with E-state index in [4.69, 9.17) is 0 Å². The number of urea groups is 1. The van der Waals surface area contributed by atoms with Crippen molar-refractivity contribution in [3.8, 4) is 0 Å². The van der Waals surface area contributed by atoms with Gasteiger partial charge in [0.2, 0.25) is 0 Å². The van der Waals surface area contributed by atoms with Gasteiger partial charge in [0.25, 0.3) is 0 Å². The number of thiophene rings is 1. The van der Waals surface area contributed by atoms with Crippen molar-refractivity contribution in [1.29, 1.82) is 0 Å². The molecule has 0 spiro atoms. The summed E-state index contributed by atoms with van der Waals surface area (Å²) in [4.78, 5) is 14.2. The second-order valence-corrected chi connectivity index (χ2v) is 5.93. The molecule has 3 nitrogen and oxygen atoms in total. The minimum Gasteiger partial charge on any atom is -0.331 e. The maximum absolute atomic E-state index is 11.9. The molecule has 1 atom stereocenters. The zero-order valence-corrected chi connectivity index (χ0v) is 12.5. The molecule has 0 fully saturated rings. The van der Waals surface area contributed by atoms with E-state index in [0.717, 1.165) is 15.5 Å². The molecule has 19 heavy (non-hydrogen) atoms. The van der Waals surface area contributed by atoms with Gasteiger partial charge in [0, 0.05) is 15.5 Å². The Bertz CT molecular complexity index is 540. The largest absolute Gasteiger partial charge is 0.331 e. The summed E-state index contributed by atoms with van der Waals surface area (Å²) in [6, 6.07) is 11.6. The first-order chi connectivity index (χ1) is 9.19. The fourth-order valence-electron chi connectivity index (χ4n) is 1.67. The summed E-state index contributed by atoms with van der Waals surface area (Å²) in [6.07, 6.45) is 2.01. The lowest BCUT2D eigenvalue weighted by atomic mass is 10.3. The van der Waals surface area contributed by atoms with Gasteiger partial charge in [-0.3, -0.25) is 0 Å². The average Bonchev–Trinajstić information content (AvgIpc) is 2.92. The molecule has 0 aliphatic carbocycles. The number of thioether (sulfide) groups is 1.